The highest BCUT2D eigenvalue weighted by Gasteiger charge is 2.15. The van der Waals surface area contributed by atoms with E-state index in [9.17, 15) is 23.7 Å². The molecule has 2 rings (SSSR count). The van der Waals surface area contributed by atoms with Gasteiger partial charge >= 0.3 is 0 Å². The van der Waals surface area contributed by atoms with Crippen LogP contribution < -0.4 is 10.1 Å². The number of rotatable bonds is 4. The number of amides is 1. The molecule has 0 saturated heterocycles. The van der Waals surface area contributed by atoms with E-state index < -0.39 is 22.5 Å². The molecule has 2 aromatic carbocycles. The van der Waals surface area contributed by atoms with Crippen molar-refractivity contribution in [3.63, 3.8) is 0 Å². The number of non-ortho nitro benzene ring substituents is 1. The van der Waals surface area contributed by atoms with E-state index in [1.54, 1.807) is 0 Å². The van der Waals surface area contributed by atoms with Crippen LogP contribution in [-0.2, 0) is 0 Å². The summed E-state index contributed by atoms with van der Waals surface area (Å²) >= 11 is 0. The molecule has 0 aromatic heterocycles. The molecule has 1 N–H and O–H groups in total. The number of carbonyl (C=O) groups excluding carboxylic acids is 1. The van der Waals surface area contributed by atoms with Crippen molar-refractivity contribution in [2.75, 3.05) is 12.4 Å². The lowest BCUT2D eigenvalue weighted by atomic mass is 10.2. The molecule has 22 heavy (non-hydrogen) atoms. The van der Waals surface area contributed by atoms with Crippen LogP contribution in [0.25, 0.3) is 0 Å². The van der Waals surface area contributed by atoms with E-state index in [1.807, 2.05) is 0 Å². The van der Waals surface area contributed by atoms with Crippen LogP contribution in [0.1, 0.15) is 10.4 Å². The van der Waals surface area contributed by atoms with Crippen LogP contribution in [0, 0.1) is 21.7 Å². The number of nitrogens with zero attached hydrogens (tertiary/aromatic N) is 1. The molecule has 114 valence electrons. The van der Waals surface area contributed by atoms with Gasteiger partial charge in [-0.15, -0.1) is 0 Å². The number of carbonyl (C=O) groups is 1. The van der Waals surface area contributed by atoms with Crippen molar-refractivity contribution >= 4 is 17.3 Å². The minimum Gasteiger partial charge on any atom is -0.495 e. The molecule has 2 aromatic rings. The smallest absolute Gasteiger partial charge is 0.271 e. The zero-order valence-corrected chi connectivity index (χ0v) is 11.3. The molecule has 0 heterocycles. The summed E-state index contributed by atoms with van der Waals surface area (Å²) in [6.07, 6.45) is 0. The Bertz CT molecular complexity index is 750. The van der Waals surface area contributed by atoms with Gasteiger partial charge in [0.2, 0.25) is 0 Å². The van der Waals surface area contributed by atoms with E-state index in [0.717, 1.165) is 24.3 Å². The van der Waals surface area contributed by atoms with Crippen LogP contribution in [0.15, 0.2) is 36.4 Å². The van der Waals surface area contributed by atoms with Gasteiger partial charge in [0.25, 0.3) is 11.6 Å². The number of nitrogens with one attached hydrogen (secondary N) is 1. The van der Waals surface area contributed by atoms with Crippen LogP contribution in [0.4, 0.5) is 20.2 Å². The van der Waals surface area contributed by atoms with Gasteiger partial charge in [0.1, 0.15) is 5.75 Å². The molecule has 0 aliphatic rings. The summed E-state index contributed by atoms with van der Waals surface area (Å²) in [6, 6.07) is 6.28. The van der Waals surface area contributed by atoms with Gasteiger partial charge in [-0.2, -0.15) is 0 Å². The van der Waals surface area contributed by atoms with E-state index in [0.29, 0.717) is 0 Å². The Morgan fingerprint density at radius 1 is 1.18 bits per heavy atom. The number of ether oxygens (including phenoxy) is 1. The summed E-state index contributed by atoms with van der Waals surface area (Å²) in [4.78, 5) is 22.1. The number of hydrogen-bond donors (Lipinski definition) is 1. The average molecular weight is 308 g/mol. The zero-order valence-electron chi connectivity index (χ0n) is 11.3. The summed E-state index contributed by atoms with van der Waals surface area (Å²) in [5.74, 6) is -2.80. The van der Waals surface area contributed by atoms with Gasteiger partial charge in [-0.05, 0) is 24.3 Å². The fraction of sp³-hybridized carbons (Fsp3) is 0.0714. The number of nitro groups is 1. The molecule has 0 atom stereocenters. The van der Waals surface area contributed by atoms with Crippen molar-refractivity contribution in [3.05, 3.63) is 63.7 Å². The summed E-state index contributed by atoms with van der Waals surface area (Å²) in [5.41, 5.74) is -0.333. The Hall–Kier alpha value is -3.03. The lowest BCUT2D eigenvalue weighted by Crippen LogP contribution is -2.13. The van der Waals surface area contributed by atoms with Crippen molar-refractivity contribution in [1.82, 2.24) is 0 Å². The van der Waals surface area contributed by atoms with E-state index in [1.165, 1.54) is 19.2 Å². The Kier molecular flexibility index (Phi) is 4.31. The van der Waals surface area contributed by atoms with Gasteiger partial charge in [0.15, 0.2) is 11.6 Å². The van der Waals surface area contributed by atoms with E-state index in [-0.39, 0.29) is 22.7 Å². The Morgan fingerprint density at radius 3 is 2.50 bits per heavy atom. The quantitative estimate of drug-likeness (QED) is 0.695. The number of hydrogen-bond acceptors (Lipinski definition) is 4. The first-order chi connectivity index (χ1) is 10.4. The van der Waals surface area contributed by atoms with Crippen molar-refractivity contribution in [2.45, 2.75) is 0 Å². The molecular weight excluding hydrogens is 298 g/mol. The summed E-state index contributed by atoms with van der Waals surface area (Å²) < 4.78 is 31.0. The molecule has 0 aliphatic heterocycles. The van der Waals surface area contributed by atoms with Gasteiger partial charge in [-0.1, -0.05) is 0 Å². The predicted octanol–water partition coefficient (Wildman–Crippen LogP) is 3.13. The SMILES string of the molecule is COc1ccc([N+](=O)[O-])cc1NC(=O)c1ccc(F)c(F)c1. The second-order valence-corrected chi connectivity index (χ2v) is 4.22. The fourth-order valence-electron chi connectivity index (χ4n) is 1.74. The molecular formula is C14H10F2N2O4. The van der Waals surface area contributed by atoms with Crippen molar-refractivity contribution in [1.29, 1.82) is 0 Å². The zero-order chi connectivity index (χ0) is 16.3. The average Bonchev–Trinajstić information content (AvgIpc) is 2.49. The largest absolute Gasteiger partial charge is 0.495 e. The van der Waals surface area contributed by atoms with E-state index >= 15 is 0 Å². The lowest BCUT2D eigenvalue weighted by molar-refractivity contribution is -0.384. The number of halogens is 2. The molecule has 1 amide bonds. The Balaban J connectivity index is 2.32. The number of nitro benzene ring substituents is 1. The van der Waals surface area contributed by atoms with Crippen LogP contribution in [0.3, 0.4) is 0 Å². The highest BCUT2D eigenvalue weighted by Crippen LogP contribution is 2.29. The third-order valence-corrected chi connectivity index (χ3v) is 2.82. The molecule has 8 heteroatoms. The molecule has 0 spiro atoms. The number of anilines is 1. The van der Waals surface area contributed by atoms with Gasteiger partial charge in [-0.3, -0.25) is 14.9 Å². The molecule has 0 radical (unpaired) electrons. The first-order valence-corrected chi connectivity index (χ1v) is 6.01. The fourth-order valence-corrected chi connectivity index (χ4v) is 1.74. The van der Waals surface area contributed by atoms with Gasteiger partial charge in [0.05, 0.1) is 17.7 Å². The Labute approximate surface area is 123 Å². The lowest BCUT2D eigenvalue weighted by Gasteiger charge is -2.10. The first kappa shape index (κ1) is 15.4. The maximum atomic E-state index is 13.1. The van der Waals surface area contributed by atoms with Crippen LogP contribution in [0.2, 0.25) is 0 Å². The minimum absolute atomic E-state index is 0.0476. The van der Waals surface area contributed by atoms with E-state index in [4.69, 9.17) is 4.74 Å². The monoisotopic (exact) mass is 308 g/mol. The molecule has 6 nitrogen and oxygen atoms in total. The summed E-state index contributed by atoms with van der Waals surface area (Å²) in [7, 11) is 1.33. The number of methoxy groups -OCH3 is 1. The molecule has 0 unspecified atom stereocenters. The molecule has 0 aliphatic carbocycles. The van der Waals surface area contributed by atoms with Crippen LogP contribution >= 0.6 is 0 Å². The molecule has 0 bridgehead atoms. The van der Waals surface area contributed by atoms with Gasteiger partial charge < -0.3 is 10.1 Å². The minimum atomic E-state index is -1.17. The Morgan fingerprint density at radius 2 is 1.91 bits per heavy atom. The molecule has 0 fully saturated rings. The topological polar surface area (TPSA) is 81.5 Å². The molecule has 0 saturated carbocycles. The summed E-state index contributed by atoms with van der Waals surface area (Å²) in [5, 5.41) is 13.1. The third-order valence-electron chi connectivity index (χ3n) is 2.82. The first-order valence-electron chi connectivity index (χ1n) is 6.01. The van der Waals surface area contributed by atoms with Crippen LogP contribution in [-0.4, -0.2) is 17.9 Å². The predicted molar refractivity (Wildman–Crippen MR) is 74.0 cm³/mol. The van der Waals surface area contributed by atoms with E-state index in [2.05, 4.69) is 5.32 Å². The number of benzene rings is 2. The standard InChI is InChI=1S/C14H10F2N2O4/c1-22-13-5-3-9(18(20)21)7-12(13)17-14(19)8-2-4-10(15)11(16)6-8/h2-7H,1H3,(H,17,19). The maximum Gasteiger partial charge on any atom is 0.271 e. The maximum absolute atomic E-state index is 13.1. The second kappa shape index (κ2) is 6.17. The highest BCUT2D eigenvalue weighted by molar-refractivity contribution is 6.05. The second-order valence-electron chi connectivity index (χ2n) is 4.22. The van der Waals surface area contributed by atoms with Crippen molar-refractivity contribution in [3.8, 4) is 5.75 Å². The van der Waals surface area contributed by atoms with Crippen molar-refractivity contribution < 1.29 is 23.2 Å². The van der Waals surface area contributed by atoms with Crippen molar-refractivity contribution in [2.24, 2.45) is 0 Å². The summed E-state index contributed by atoms with van der Waals surface area (Å²) in [6.45, 7) is 0. The van der Waals surface area contributed by atoms with Crippen LogP contribution in [0.5, 0.6) is 5.75 Å². The van der Waals surface area contributed by atoms with Gasteiger partial charge in [0, 0.05) is 17.7 Å². The third kappa shape index (κ3) is 3.17. The highest BCUT2D eigenvalue weighted by atomic mass is 19.2. The van der Waals surface area contributed by atoms with Gasteiger partial charge in [-0.25, -0.2) is 8.78 Å². The normalized spacial score (nSPS) is 10.1.